The highest BCUT2D eigenvalue weighted by molar-refractivity contribution is 7.16. The summed E-state index contributed by atoms with van der Waals surface area (Å²) in [5.74, 6) is 0.539. The van der Waals surface area contributed by atoms with Gasteiger partial charge in [-0.05, 0) is 37.3 Å². The van der Waals surface area contributed by atoms with Crippen LogP contribution >= 0.6 is 11.3 Å². The van der Waals surface area contributed by atoms with E-state index in [1.165, 1.54) is 11.3 Å². The normalized spacial score (nSPS) is 11.9. The van der Waals surface area contributed by atoms with E-state index in [0.717, 1.165) is 21.5 Å². The fraction of sp³-hybridized carbons (Fsp3) is 0.263. The Kier molecular flexibility index (Phi) is 5.31. The number of thiazole rings is 1. The van der Waals surface area contributed by atoms with E-state index < -0.39 is 0 Å². The molecule has 0 aliphatic carbocycles. The number of hydrogen-bond donors (Lipinski definition) is 0. The quantitative estimate of drug-likeness (QED) is 0.704. The lowest BCUT2D eigenvalue weighted by Crippen LogP contribution is -2.19. The summed E-state index contributed by atoms with van der Waals surface area (Å²) in [7, 11) is 3.30. The average molecular weight is 356 g/mol. The van der Waals surface area contributed by atoms with Gasteiger partial charge >= 0.3 is 0 Å². The molecule has 25 heavy (non-hydrogen) atoms. The first-order valence-corrected chi connectivity index (χ1v) is 8.76. The molecule has 0 N–H and O–H groups in total. The van der Waals surface area contributed by atoms with Crippen molar-refractivity contribution in [3.8, 4) is 5.75 Å². The van der Waals surface area contributed by atoms with E-state index in [4.69, 9.17) is 9.47 Å². The number of rotatable bonds is 5. The van der Waals surface area contributed by atoms with Crippen LogP contribution in [-0.2, 0) is 11.3 Å². The lowest BCUT2D eigenvalue weighted by Gasteiger charge is -2.05. The van der Waals surface area contributed by atoms with Crippen molar-refractivity contribution in [3.05, 3.63) is 58.4 Å². The van der Waals surface area contributed by atoms with Gasteiger partial charge in [-0.1, -0.05) is 29.0 Å². The predicted molar refractivity (Wildman–Crippen MR) is 99.3 cm³/mol. The molecule has 1 amide bonds. The van der Waals surface area contributed by atoms with Crippen molar-refractivity contribution in [2.45, 2.75) is 13.5 Å². The van der Waals surface area contributed by atoms with E-state index in [9.17, 15) is 4.79 Å². The summed E-state index contributed by atoms with van der Waals surface area (Å²) >= 11 is 1.47. The fourth-order valence-corrected chi connectivity index (χ4v) is 3.68. The summed E-state index contributed by atoms with van der Waals surface area (Å²) in [6.07, 6.45) is 0. The maximum Gasteiger partial charge on any atom is 0.279 e. The lowest BCUT2D eigenvalue weighted by atomic mass is 10.1. The number of hydrogen-bond acceptors (Lipinski definition) is 4. The largest absolute Gasteiger partial charge is 0.497 e. The van der Waals surface area contributed by atoms with E-state index in [-0.39, 0.29) is 5.91 Å². The number of aryl methyl sites for hydroxylation is 1. The number of methoxy groups -OCH3 is 2. The summed E-state index contributed by atoms with van der Waals surface area (Å²) in [6.45, 7) is 3.13. The van der Waals surface area contributed by atoms with Crippen LogP contribution in [0.4, 0.5) is 0 Å². The summed E-state index contributed by atoms with van der Waals surface area (Å²) in [4.78, 5) is 17.6. The van der Waals surface area contributed by atoms with Crippen LogP contribution in [-0.4, -0.2) is 31.3 Å². The molecule has 0 fully saturated rings. The third kappa shape index (κ3) is 3.81. The van der Waals surface area contributed by atoms with Crippen molar-refractivity contribution in [2.24, 2.45) is 4.99 Å². The zero-order valence-corrected chi connectivity index (χ0v) is 15.3. The Morgan fingerprint density at radius 3 is 2.76 bits per heavy atom. The molecule has 2 aromatic carbocycles. The SMILES string of the molecule is COCCn1c(=NC(=O)c2cccc(C)c2)sc2cc(OC)ccc21. The van der Waals surface area contributed by atoms with E-state index in [1.54, 1.807) is 20.3 Å². The zero-order chi connectivity index (χ0) is 17.8. The first kappa shape index (κ1) is 17.4. The Labute approximate surface area is 150 Å². The molecule has 1 heterocycles. The van der Waals surface area contributed by atoms with Gasteiger partial charge in [0.2, 0.25) is 0 Å². The van der Waals surface area contributed by atoms with E-state index >= 15 is 0 Å². The van der Waals surface area contributed by atoms with Crippen LogP contribution < -0.4 is 9.54 Å². The second kappa shape index (κ2) is 7.63. The highest BCUT2D eigenvalue weighted by atomic mass is 32.1. The van der Waals surface area contributed by atoms with Crippen LogP contribution in [0.25, 0.3) is 10.2 Å². The Bertz CT molecular complexity index is 972. The maximum atomic E-state index is 12.6. The van der Waals surface area contributed by atoms with Crippen LogP contribution in [0.1, 0.15) is 15.9 Å². The average Bonchev–Trinajstić information content (AvgIpc) is 2.95. The molecule has 0 unspecified atom stereocenters. The van der Waals surface area contributed by atoms with Crippen molar-refractivity contribution in [1.82, 2.24) is 4.57 Å². The van der Waals surface area contributed by atoms with Crippen molar-refractivity contribution < 1.29 is 14.3 Å². The number of fused-ring (bicyclic) bond motifs is 1. The first-order valence-electron chi connectivity index (χ1n) is 7.94. The topological polar surface area (TPSA) is 52.8 Å². The minimum absolute atomic E-state index is 0.242. The maximum absolute atomic E-state index is 12.6. The molecule has 1 aromatic heterocycles. The highest BCUT2D eigenvalue weighted by Crippen LogP contribution is 2.23. The third-order valence-electron chi connectivity index (χ3n) is 3.87. The van der Waals surface area contributed by atoms with Gasteiger partial charge in [-0.2, -0.15) is 4.99 Å². The van der Waals surface area contributed by atoms with Gasteiger partial charge < -0.3 is 14.0 Å². The summed E-state index contributed by atoms with van der Waals surface area (Å²) in [5, 5.41) is 0. The molecule has 130 valence electrons. The Morgan fingerprint density at radius 1 is 1.20 bits per heavy atom. The first-order chi connectivity index (χ1) is 12.1. The van der Waals surface area contributed by atoms with Gasteiger partial charge in [0, 0.05) is 19.2 Å². The standard InChI is InChI=1S/C19H20N2O3S/c1-13-5-4-6-14(11-13)18(22)20-19-21(9-10-23-2)16-8-7-15(24-3)12-17(16)25-19/h4-8,11-12H,9-10H2,1-3H3. The number of carbonyl (C=O) groups excluding carboxylic acids is 1. The molecule has 5 nitrogen and oxygen atoms in total. The Morgan fingerprint density at radius 2 is 2.04 bits per heavy atom. The lowest BCUT2D eigenvalue weighted by molar-refractivity contribution is 0.0997. The summed E-state index contributed by atoms with van der Waals surface area (Å²) in [5.41, 5.74) is 2.64. The van der Waals surface area contributed by atoms with E-state index in [1.807, 2.05) is 47.9 Å². The minimum Gasteiger partial charge on any atom is -0.497 e. The molecule has 0 saturated heterocycles. The van der Waals surface area contributed by atoms with Crippen LogP contribution in [0.15, 0.2) is 47.5 Å². The van der Waals surface area contributed by atoms with Gasteiger partial charge in [0.1, 0.15) is 5.75 Å². The van der Waals surface area contributed by atoms with Gasteiger partial charge in [0.05, 0.1) is 23.9 Å². The van der Waals surface area contributed by atoms with Crippen molar-refractivity contribution in [3.63, 3.8) is 0 Å². The van der Waals surface area contributed by atoms with Gasteiger partial charge in [-0.15, -0.1) is 0 Å². The Balaban J connectivity index is 2.11. The van der Waals surface area contributed by atoms with Crippen molar-refractivity contribution in [2.75, 3.05) is 20.8 Å². The second-order valence-corrected chi connectivity index (χ2v) is 6.66. The van der Waals surface area contributed by atoms with Gasteiger partial charge in [0.25, 0.3) is 5.91 Å². The zero-order valence-electron chi connectivity index (χ0n) is 14.5. The summed E-state index contributed by atoms with van der Waals surface area (Å²) in [6, 6.07) is 13.3. The molecule has 0 atom stereocenters. The Hall–Kier alpha value is -2.44. The van der Waals surface area contributed by atoms with Gasteiger partial charge in [-0.3, -0.25) is 4.79 Å². The third-order valence-corrected chi connectivity index (χ3v) is 4.91. The molecule has 6 heteroatoms. The monoisotopic (exact) mass is 356 g/mol. The summed E-state index contributed by atoms with van der Waals surface area (Å²) < 4.78 is 13.5. The number of benzene rings is 2. The smallest absolute Gasteiger partial charge is 0.279 e. The highest BCUT2D eigenvalue weighted by Gasteiger charge is 2.10. The molecule has 0 bridgehead atoms. The fourth-order valence-electron chi connectivity index (χ4n) is 2.59. The molecular weight excluding hydrogens is 336 g/mol. The molecule has 3 rings (SSSR count). The van der Waals surface area contributed by atoms with E-state index in [0.29, 0.717) is 23.5 Å². The molecule has 0 aliphatic heterocycles. The molecule has 0 saturated carbocycles. The molecule has 0 spiro atoms. The number of nitrogens with zero attached hydrogens (tertiary/aromatic N) is 2. The molecule has 0 radical (unpaired) electrons. The van der Waals surface area contributed by atoms with Crippen LogP contribution in [0.2, 0.25) is 0 Å². The number of amides is 1. The van der Waals surface area contributed by atoms with Crippen molar-refractivity contribution in [1.29, 1.82) is 0 Å². The number of ether oxygens (including phenoxy) is 2. The molecular formula is C19H20N2O3S. The second-order valence-electron chi connectivity index (χ2n) is 5.65. The van der Waals surface area contributed by atoms with E-state index in [2.05, 4.69) is 4.99 Å². The van der Waals surface area contributed by atoms with Gasteiger partial charge in [0.15, 0.2) is 4.80 Å². The van der Waals surface area contributed by atoms with Crippen LogP contribution in [0, 0.1) is 6.92 Å². The minimum atomic E-state index is -0.242. The number of carbonyl (C=O) groups is 1. The predicted octanol–water partition coefficient (Wildman–Crippen LogP) is 3.41. The van der Waals surface area contributed by atoms with Crippen LogP contribution in [0.3, 0.4) is 0 Å². The van der Waals surface area contributed by atoms with Gasteiger partial charge in [-0.25, -0.2) is 0 Å². The van der Waals surface area contributed by atoms with Crippen LogP contribution in [0.5, 0.6) is 5.75 Å². The van der Waals surface area contributed by atoms with Crippen molar-refractivity contribution >= 4 is 27.5 Å². The molecule has 3 aromatic rings. The number of aromatic nitrogens is 1. The molecule has 0 aliphatic rings.